The van der Waals surface area contributed by atoms with E-state index in [9.17, 15) is 18.5 Å². The normalized spacial score (nSPS) is 19.6. The first-order chi connectivity index (χ1) is 12.4. The number of hydrogen-bond donors (Lipinski definition) is 0. The molecule has 0 N–H and O–H groups in total. The van der Waals surface area contributed by atoms with Crippen molar-refractivity contribution in [3.05, 3.63) is 28.3 Å². The maximum Gasteiger partial charge on any atom is 0.270 e. The molecule has 2 fully saturated rings. The van der Waals surface area contributed by atoms with E-state index in [4.69, 9.17) is 0 Å². The summed E-state index contributed by atoms with van der Waals surface area (Å²) < 4.78 is 27.9. The first kappa shape index (κ1) is 19.1. The van der Waals surface area contributed by atoms with Gasteiger partial charge in [0.15, 0.2) is 0 Å². The molecule has 1 saturated carbocycles. The van der Waals surface area contributed by atoms with Gasteiger partial charge < -0.3 is 4.90 Å². The third-order valence-corrected chi connectivity index (χ3v) is 7.43. The Balaban J connectivity index is 2.07. The average molecular weight is 381 g/mol. The van der Waals surface area contributed by atoms with Crippen LogP contribution in [0.3, 0.4) is 0 Å². The van der Waals surface area contributed by atoms with Crippen LogP contribution in [0.5, 0.6) is 0 Å². The fraction of sp³-hybridized carbons (Fsp3) is 0.667. The molecule has 7 nitrogen and oxygen atoms in total. The fourth-order valence-electron chi connectivity index (χ4n) is 4.15. The average Bonchev–Trinajstić information content (AvgIpc) is 3.19. The van der Waals surface area contributed by atoms with Crippen LogP contribution in [0.25, 0.3) is 0 Å². The van der Waals surface area contributed by atoms with E-state index in [-0.39, 0.29) is 10.6 Å². The number of nitrogens with zero attached hydrogens (tertiary/aromatic N) is 3. The lowest BCUT2D eigenvalue weighted by Gasteiger charge is -2.36. The molecule has 1 saturated heterocycles. The molecule has 8 heteroatoms. The lowest BCUT2D eigenvalue weighted by molar-refractivity contribution is -0.385. The SMILES string of the molecule is CCN(c1ccc([N+](=O)[O-])cc1S(=O)(=O)N1CCCC1)C1CCCCC1. The van der Waals surface area contributed by atoms with Crippen molar-refractivity contribution in [1.82, 2.24) is 4.31 Å². The van der Waals surface area contributed by atoms with Gasteiger partial charge in [0.05, 0.1) is 10.6 Å². The molecule has 1 aromatic rings. The van der Waals surface area contributed by atoms with Crippen molar-refractivity contribution >= 4 is 21.4 Å². The van der Waals surface area contributed by atoms with Crippen molar-refractivity contribution in [2.24, 2.45) is 0 Å². The van der Waals surface area contributed by atoms with Crippen LogP contribution in [-0.2, 0) is 10.0 Å². The maximum atomic E-state index is 13.2. The van der Waals surface area contributed by atoms with Gasteiger partial charge in [0, 0.05) is 37.8 Å². The summed E-state index contributed by atoms with van der Waals surface area (Å²) in [6.45, 7) is 3.67. The highest BCUT2D eigenvalue weighted by Gasteiger charge is 2.33. The predicted molar refractivity (Wildman–Crippen MR) is 101 cm³/mol. The second-order valence-corrected chi connectivity index (χ2v) is 9.00. The van der Waals surface area contributed by atoms with Gasteiger partial charge >= 0.3 is 0 Å². The molecule has 0 atom stereocenters. The number of hydrogen-bond acceptors (Lipinski definition) is 5. The Morgan fingerprint density at radius 3 is 2.38 bits per heavy atom. The van der Waals surface area contributed by atoms with Crippen LogP contribution >= 0.6 is 0 Å². The summed E-state index contributed by atoms with van der Waals surface area (Å²) in [6, 6.07) is 4.58. The highest BCUT2D eigenvalue weighted by atomic mass is 32.2. The minimum absolute atomic E-state index is 0.0843. The van der Waals surface area contributed by atoms with Crippen molar-refractivity contribution in [3.8, 4) is 0 Å². The van der Waals surface area contributed by atoms with E-state index >= 15 is 0 Å². The number of nitro groups is 1. The summed E-state index contributed by atoms with van der Waals surface area (Å²) in [6.07, 6.45) is 7.24. The number of non-ortho nitro benzene ring substituents is 1. The Morgan fingerprint density at radius 1 is 1.15 bits per heavy atom. The van der Waals surface area contributed by atoms with Gasteiger partial charge in [-0.25, -0.2) is 8.42 Å². The van der Waals surface area contributed by atoms with Gasteiger partial charge in [0.25, 0.3) is 5.69 Å². The standard InChI is InChI=1S/C18H27N3O4S/c1-2-20(15-8-4-3-5-9-15)17-11-10-16(21(22)23)14-18(17)26(24,25)19-12-6-7-13-19/h10-11,14-15H,2-9,12-13H2,1H3. The number of nitro benzene ring substituents is 1. The molecule has 1 heterocycles. The summed E-state index contributed by atoms with van der Waals surface area (Å²) in [4.78, 5) is 12.9. The third-order valence-electron chi connectivity index (χ3n) is 5.50. The first-order valence-corrected chi connectivity index (χ1v) is 10.9. The zero-order valence-corrected chi connectivity index (χ0v) is 16.1. The molecule has 0 amide bonds. The Morgan fingerprint density at radius 2 is 1.81 bits per heavy atom. The molecule has 0 spiro atoms. The van der Waals surface area contributed by atoms with E-state index in [1.807, 2.05) is 6.92 Å². The summed E-state index contributed by atoms with van der Waals surface area (Å²) >= 11 is 0. The quantitative estimate of drug-likeness (QED) is 0.556. The minimum atomic E-state index is -3.73. The molecule has 1 aromatic carbocycles. The van der Waals surface area contributed by atoms with Crippen molar-refractivity contribution < 1.29 is 13.3 Å². The minimum Gasteiger partial charge on any atom is -0.368 e. The molecule has 2 aliphatic rings. The molecule has 144 valence electrons. The lowest BCUT2D eigenvalue weighted by Crippen LogP contribution is -2.38. The van der Waals surface area contributed by atoms with Gasteiger partial charge in [-0.3, -0.25) is 10.1 Å². The molecule has 0 unspecified atom stereocenters. The van der Waals surface area contributed by atoms with Gasteiger partial charge in [0.1, 0.15) is 4.90 Å². The van der Waals surface area contributed by atoms with Crippen LogP contribution in [-0.4, -0.2) is 43.3 Å². The van der Waals surface area contributed by atoms with Gasteiger partial charge in [0.2, 0.25) is 10.0 Å². The Bertz CT molecular complexity index is 754. The monoisotopic (exact) mass is 381 g/mol. The van der Waals surface area contributed by atoms with E-state index in [1.165, 1.54) is 22.9 Å². The zero-order valence-electron chi connectivity index (χ0n) is 15.3. The third kappa shape index (κ3) is 3.71. The van der Waals surface area contributed by atoms with Crippen molar-refractivity contribution in [2.75, 3.05) is 24.5 Å². The second kappa shape index (κ2) is 7.92. The van der Waals surface area contributed by atoms with Crippen LogP contribution in [0.4, 0.5) is 11.4 Å². The lowest BCUT2D eigenvalue weighted by atomic mass is 9.94. The fourth-order valence-corrected chi connectivity index (χ4v) is 5.88. The molecular weight excluding hydrogens is 354 g/mol. The number of rotatable bonds is 6. The topological polar surface area (TPSA) is 83.8 Å². The largest absolute Gasteiger partial charge is 0.368 e. The summed E-state index contributed by atoms with van der Waals surface area (Å²) in [5, 5.41) is 11.2. The maximum absolute atomic E-state index is 13.2. The highest BCUT2D eigenvalue weighted by Crippen LogP contribution is 2.36. The summed E-state index contributed by atoms with van der Waals surface area (Å²) in [7, 11) is -3.73. The van der Waals surface area contributed by atoms with Gasteiger partial charge in [-0.2, -0.15) is 4.31 Å². The number of sulfonamides is 1. The summed E-state index contributed by atoms with van der Waals surface area (Å²) in [5.41, 5.74) is 0.433. The molecule has 0 bridgehead atoms. The van der Waals surface area contributed by atoms with Crippen LogP contribution in [0.1, 0.15) is 51.9 Å². The second-order valence-electron chi connectivity index (χ2n) is 7.10. The van der Waals surface area contributed by atoms with E-state index in [0.717, 1.165) is 38.5 Å². The molecular formula is C18H27N3O4S. The van der Waals surface area contributed by atoms with E-state index in [1.54, 1.807) is 6.07 Å². The van der Waals surface area contributed by atoms with Gasteiger partial charge in [-0.1, -0.05) is 19.3 Å². The van der Waals surface area contributed by atoms with Crippen LogP contribution in [0.15, 0.2) is 23.1 Å². The van der Waals surface area contributed by atoms with E-state index < -0.39 is 14.9 Å². The molecule has 26 heavy (non-hydrogen) atoms. The molecule has 0 aromatic heterocycles. The Labute approximate surface area is 155 Å². The summed E-state index contributed by atoms with van der Waals surface area (Å²) in [5.74, 6) is 0. The van der Waals surface area contributed by atoms with Crippen LogP contribution in [0, 0.1) is 10.1 Å². The Kier molecular flexibility index (Phi) is 5.82. The molecule has 1 aliphatic heterocycles. The van der Waals surface area contributed by atoms with Crippen molar-refractivity contribution in [2.45, 2.75) is 62.8 Å². The Hall–Kier alpha value is -1.67. The van der Waals surface area contributed by atoms with Crippen LogP contribution in [0.2, 0.25) is 0 Å². The van der Waals surface area contributed by atoms with Gasteiger partial charge in [-0.15, -0.1) is 0 Å². The van der Waals surface area contributed by atoms with E-state index in [2.05, 4.69) is 4.90 Å². The molecule has 0 radical (unpaired) electrons. The van der Waals surface area contributed by atoms with Crippen LogP contribution < -0.4 is 4.90 Å². The van der Waals surface area contributed by atoms with Crippen molar-refractivity contribution in [3.63, 3.8) is 0 Å². The van der Waals surface area contributed by atoms with Crippen molar-refractivity contribution in [1.29, 1.82) is 0 Å². The van der Waals surface area contributed by atoms with E-state index in [0.29, 0.717) is 31.4 Å². The van der Waals surface area contributed by atoms with Gasteiger partial charge in [-0.05, 0) is 38.7 Å². The predicted octanol–water partition coefficient (Wildman–Crippen LogP) is 3.54. The highest BCUT2D eigenvalue weighted by molar-refractivity contribution is 7.89. The first-order valence-electron chi connectivity index (χ1n) is 9.50. The molecule has 3 rings (SSSR count). The zero-order chi connectivity index (χ0) is 18.7. The smallest absolute Gasteiger partial charge is 0.270 e. The molecule has 1 aliphatic carbocycles. The number of benzene rings is 1. The number of anilines is 1.